The largest absolute Gasteiger partial charge is 0.314 e. The van der Waals surface area contributed by atoms with E-state index in [4.69, 9.17) is 0 Å². The minimum atomic E-state index is 0. The smallest absolute Gasteiger partial charge is 0.187 e. The van der Waals surface area contributed by atoms with Crippen molar-refractivity contribution >= 4 is 36.6 Å². The fraction of sp³-hybridized carbons (Fsp3) is 0.733. The van der Waals surface area contributed by atoms with E-state index in [1.807, 2.05) is 12.4 Å². The third-order valence-corrected chi connectivity index (χ3v) is 5.10. The van der Waals surface area contributed by atoms with E-state index in [2.05, 4.69) is 27.1 Å². The van der Waals surface area contributed by atoms with Gasteiger partial charge in [0.1, 0.15) is 0 Å². The van der Waals surface area contributed by atoms with E-state index >= 15 is 0 Å². The molecule has 0 aliphatic carbocycles. The molecule has 3 heterocycles. The predicted octanol–water partition coefficient (Wildman–Crippen LogP) is 3.01. The Hall–Kier alpha value is -0.0700. The molecule has 2 aliphatic rings. The van der Waals surface area contributed by atoms with Crippen molar-refractivity contribution in [3.05, 3.63) is 18.0 Å². The van der Waals surface area contributed by atoms with Crippen LogP contribution in [0.15, 0.2) is 17.6 Å². The molecule has 0 radical (unpaired) electrons. The molecular weight excluding hydrogens is 339 g/mol. The second-order valence-corrected chi connectivity index (χ2v) is 7.02. The van der Waals surface area contributed by atoms with Gasteiger partial charge in [0.2, 0.25) is 0 Å². The molecule has 7 heteroatoms. The van der Waals surface area contributed by atoms with E-state index in [9.17, 15) is 0 Å². The molecule has 22 heavy (non-hydrogen) atoms. The maximum atomic E-state index is 4.43. The fourth-order valence-electron chi connectivity index (χ4n) is 3.35. The number of piperidine rings is 2. The first kappa shape index (κ1) is 20.0. The summed E-state index contributed by atoms with van der Waals surface area (Å²) in [5.41, 5.74) is 1.24. The van der Waals surface area contributed by atoms with Crippen LogP contribution in [0.5, 0.6) is 0 Å². The normalized spacial score (nSPS) is 24.8. The van der Waals surface area contributed by atoms with Gasteiger partial charge in [-0.3, -0.25) is 4.90 Å². The maximum absolute atomic E-state index is 4.43. The minimum absolute atomic E-state index is 0. The quantitative estimate of drug-likeness (QED) is 0.656. The maximum Gasteiger partial charge on any atom is 0.187 e. The van der Waals surface area contributed by atoms with Gasteiger partial charge in [0.15, 0.2) is 5.16 Å². The second-order valence-electron chi connectivity index (χ2n) is 5.79. The molecule has 0 bridgehead atoms. The lowest BCUT2D eigenvalue weighted by Crippen LogP contribution is -2.51. The molecule has 1 N–H and O–H groups in total. The molecule has 0 aromatic carbocycles. The lowest BCUT2D eigenvalue weighted by molar-refractivity contribution is 0.108. The van der Waals surface area contributed by atoms with Crippen LogP contribution in [0.25, 0.3) is 0 Å². The number of fused-ring (bicyclic) bond motifs is 1. The summed E-state index contributed by atoms with van der Waals surface area (Å²) >= 11 is 1.70. The molecule has 2 aliphatic heterocycles. The number of hydrogen-bond donors (Lipinski definition) is 1. The summed E-state index contributed by atoms with van der Waals surface area (Å²) in [6, 6.07) is 0.764. The molecule has 1 aromatic heterocycles. The summed E-state index contributed by atoms with van der Waals surface area (Å²) in [7, 11) is 0. The van der Waals surface area contributed by atoms with Crippen LogP contribution in [-0.2, 0) is 6.54 Å². The van der Waals surface area contributed by atoms with Crippen LogP contribution >= 0.6 is 36.6 Å². The average Bonchev–Trinajstić information content (AvgIpc) is 2.49. The Morgan fingerprint density at radius 3 is 2.77 bits per heavy atom. The van der Waals surface area contributed by atoms with Gasteiger partial charge in [-0.05, 0) is 44.0 Å². The standard InChI is InChI=1S/C15H24N4S.2ClH/c1-2-20-15-17-8-12(9-18-15)10-19-7-5-14-13(11-19)4-3-6-16-14;;/h8-9,13-14,16H,2-7,10-11H2,1H3;2*1H/t13-,14+;;/m1../s1. The molecule has 0 saturated carbocycles. The highest BCUT2D eigenvalue weighted by Gasteiger charge is 2.30. The first-order valence-electron chi connectivity index (χ1n) is 7.74. The van der Waals surface area contributed by atoms with Crippen LogP contribution in [0.2, 0.25) is 0 Å². The molecule has 2 fully saturated rings. The molecule has 1 aromatic rings. The zero-order valence-electron chi connectivity index (χ0n) is 13.0. The molecule has 3 rings (SSSR count). The number of aromatic nitrogens is 2. The van der Waals surface area contributed by atoms with E-state index < -0.39 is 0 Å². The highest BCUT2D eigenvalue weighted by molar-refractivity contribution is 7.99. The van der Waals surface area contributed by atoms with Crippen molar-refractivity contribution in [1.29, 1.82) is 0 Å². The average molecular weight is 365 g/mol. The number of nitrogens with zero attached hydrogens (tertiary/aromatic N) is 3. The Morgan fingerprint density at radius 1 is 1.27 bits per heavy atom. The van der Waals surface area contributed by atoms with Gasteiger partial charge in [0, 0.05) is 37.1 Å². The van der Waals surface area contributed by atoms with Crippen LogP contribution in [0.3, 0.4) is 0 Å². The van der Waals surface area contributed by atoms with E-state index in [0.717, 1.165) is 29.4 Å². The van der Waals surface area contributed by atoms with Crippen molar-refractivity contribution < 1.29 is 0 Å². The van der Waals surface area contributed by atoms with E-state index in [1.54, 1.807) is 11.8 Å². The molecule has 0 unspecified atom stereocenters. The van der Waals surface area contributed by atoms with Crippen LogP contribution in [0.4, 0.5) is 0 Å². The van der Waals surface area contributed by atoms with Crippen LogP contribution in [-0.4, -0.2) is 46.3 Å². The van der Waals surface area contributed by atoms with Gasteiger partial charge in [-0.15, -0.1) is 24.8 Å². The molecule has 2 saturated heterocycles. The summed E-state index contributed by atoms with van der Waals surface area (Å²) in [5.74, 6) is 1.87. The Balaban J connectivity index is 0.00000121. The van der Waals surface area contributed by atoms with Crippen molar-refractivity contribution in [3.63, 3.8) is 0 Å². The number of nitrogens with one attached hydrogen (secondary N) is 1. The summed E-state index contributed by atoms with van der Waals surface area (Å²) in [4.78, 5) is 11.4. The molecule has 2 atom stereocenters. The predicted molar refractivity (Wildman–Crippen MR) is 97.3 cm³/mol. The van der Waals surface area contributed by atoms with Crippen molar-refractivity contribution in [3.8, 4) is 0 Å². The lowest BCUT2D eigenvalue weighted by Gasteiger charge is -2.41. The van der Waals surface area contributed by atoms with Crippen LogP contribution in [0.1, 0.15) is 31.7 Å². The fourth-order valence-corrected chi connectivity index (χ4v) is 3.86. The molecular formula is C15H26Cl2N4S. The highest BCUT2D eigenvalue weighted by atomic mass is 35.5. The topological polar surface area (TPSA) is 41.1 Å². The van der Waals surface area contributed by atoms with Gasteiger partial charge in [0.25, 0.3) is 0 Å². The van der Waals surface area contributed by atoms with Crippen molar-refractivity contribution in [1.82, 2.24) is 20.2 Å². The van der Waals surface area contributed by atoms with Crippen LogP contribution < -0.4 is 5.32 Å². The van der Waals surface area contributed by atoms with Crippen LogP contribution in [0, 0.1) is 5.92 Å². The number of hydrogen-bond acceptors (Lipinski definition) is 5. The van der Waals surface area contributed by atoms with Gasteiger partial charge in [-0.1, -0.05) is 18.7 Å². The van der Waals surface area contributed by atoms with Gasteiger partial charge >= 0.3 is 0 Å². The molecule has 0 spiro atoms. The first-order valence-corrected chi connectivity index (χ1v) is 8.73. The van der Waals surface area contributed by atoms with Crippen molar-refractivity contribution in [2.24, 2.45) is 5.92 Å². The summed E-state index contributed by atoms with van der Waals surface area (Å²) in [5, 5.41) is 4.57. The summed E-state index contributed by atoms with van der Waals surface area (Å²) < 4.78 is 0. The minimum Gasteiger partial charge on any atom is -0.314 e. The van der Waals surface area contributed by atoms with Crippen molar-refractivity contribution in [2.75, 3.05) is 25.4 Å². The van der Waals surface area contributed by atoms with E-state index in [1.165, 1.54) is 44.5 Å². The molecule has 126 valence electrons. The van der Waals surface area contributed by atoms with E-state index in [-0.39, 0.29) is 24.8 Å². The van der Waals surface area contributed by atoms with Crippen molar-refractivity contribution in [2.45, 2.75) is 43.9 Å². The van der Waals surface area contributed by atoms with Gasteiger partial charge in [-0.25, -0.2) is 9.97 Å². The Morgan fingerprint density at radius 2 is 2.05 bits per heavy atom. The Kier molecular flexibility index (Phi) is 9.02. The summed E-state index contributed by atoms with van der Waals surface area (Å²) in [6.45, 7) is 6.76. The third kappa shape index (κ3) is 5.24. The van der Waals surface area contributed by atoms with Gasteiger partial charge in [-0.2, -0.15) is 0 Å². The SMILES string of the molecule is CCSc1ncc(CN2CC[C@@H]3NCCC[C@@H]3C2)cn1.Cl.Cl. The number of likely N-dealkylation sites (tertiary alicyclic amines) is 1. The molecule has 0 amide bonds. The first-order chi connectivity index (χ1) is 9.85. The number of halogens is 2. The van der Waals surface area contributed by atoms with Gasteiger partial charge < -0.3 is 5.32 Å². The zero-order chi connectivity index (χ0) is 13.8. The number of thioether (sulfide) groups is 1. The summed E-state index contributed by atoms with van der Waals surface area (Å²) in [6.07, 6.45) is 8.00. The van der Waals surface area contributed by atoms with Gasteiger partial charge in [0.05, 0.1) is 0 Å². The third-order valence-electron chi connectivity index (χ3n) is 4.34. The monoisotopic (exact) mass is 364 g/mol. The lowest BCUT2D eigenvalue weighted by atomic mass is 9.85. The highest BCUT2D eigenvalue weighted by Crippen LogP contribution is 2.25. The second kappa shape index (κ2) is 9.93. The van der Waals surface area contributed by atoms with E-state index in [0.29, 0.717) is 0 Å². The Labute approximate surface area is 150 Å². The number of rotatable bonds is 4. The Bertz CT molecular complexity index is 432. The zero-order valence-corrected chi connectivity index (χ0v) is 15.5. The molecule has 4 nitrogen and oxygen atoms in total.